The Morgan fingerprint density at radius 2 is 0.911 bits per heavy atom. The quantitative estimate of drug-likeness (QED) is 0.182. The van der Waals surface area contributed by atoms with Gasteiger partial charge < -0.3 is 0 Å². The first-order valence-electron chi connectivity index (χ1n) is 19.2. The zero-order valence-electron chi connectivity index (χ0n) is 30.3. The fraction of sp³-hybridized carbons (Fsp3) is 0.0385. The van der Waals surface area contributed by atoms with E-state index in [1.807, 2.05) is 30.5 Å². The Balaban J connectivity index is 1.09. The maximum absolute atomic E-state index is 5.31. The average molecular weight is 713 g/mol. The zero-order valence-corrected chi connectivity index (χ0v) is 30.3. The smallest absolute Gasteiger partial charge is 0.164 e. The molecule has 0 atom stereocenters. The molecule has 3 aliphatic carbocycles. The van der Waals surface area contributed by atoms with Gasteiger partial charge in [0.05, 0.1) is 11.1 Å². The molecule has 0 saturated carbocycles. The summed E-state index contributed by atoms with van der Waals surface area (Å²) in [7, 11) is 0. The number of aromatic nitrogens is 4. The second-order valence-corrected chi connectivity index (χ2v) is 14.9. The van der Waals surface area contributed by atoms with E-state index >= 15 is 0 Å². The Morgan fingerprint density at radius 3 is 1.64 bits per heavy atom. The van der Waals surface area contributed by atoms with Crippen LogP contribution in [-0.4, -0.2) is 19.9 Å². The van der Waals surface area contributed by atoms with Crippen LogP contribution in [0.2, 0.25) is 0 Å². The molecule has 2 heterocycles. The van der Waals surface area contributed by atoms with Gasteiger partial charge >= 0.3 is 0 Å². The van der Waals surface area contributed by atoms with Gasteiger partial charge in [-0.3, -0.25) is 4.98 Å². The molecule has 4 nitrogen and oxygen atoms in total. The van der Waals surface area contributed by atoms with Crippen molar-refractivity contribution < 1.29 is 0 Å². The molecular formula is C52H32N4. The summed E-state index contributed by atoms with van der Waals surface area (Å²) in [5.74, 6) is 1.99. The lowest BCUT2D eigenvalue weighted by atomic mass is 9.72. The molecule has 1 spiro atoms. The summed E-state index contributed by atoms with van der Waals surface area (Å²) in [6, 6.07) is 62.6. The fourth-order valence-corrected chi connectivity index (χ4v) is 9.80. The van der Waals surface area contributed by atoms with Crippen LogP contribution in [0.1, 0.15) is 33.5 Å². The normalized spacial score (nSPS) is 13.4. The predicted molar refractivity (Wildman–Crippen MR) is 224 cm³/mol. The molecule has 4 heteroatoms. The number of rotatable bonds is 4. The summed E-state index contributed by atoms with van der Waals surface area (Å²) in [6.45, 7) is 0. The van der Waals surface area contributed by atoms with Crippen LogP contribution >= 0.6 is 0 Å². The van der Waals surface area contributed by atoms with E-state index in [2.05, 4.69) is 152 Å². The Morgan fingerprint density at radius 1 is 0.357 bits per heavy atom. The minimum absolute atomic E-state index is 0.492. The minimum Gasteiger partial charge on any atom is -0.259 e. The van der Waals surface area contributed by atoms with Crippen LogP contribution in [0, 0.1) is 0 Å². The van der Waals surface area contributed by atoms with Crippen molar-refractivity contribution in [1.29, 1.82) is 0 Å². The number of hydrogen-bond acceptors (Lipinski definition) is 4. The molecule has 2 aromatic heterocycles. The van der Waals surface area contributed by atoms with Crippen molar-refractivity contribution in [1.82, 2.24) is 19.9 Å². The third-order valence-electron chi connectivity index (χ3n) is 12.1. The zero-order chi connectivity index (χ0) is 36.8. The van der Waals surface area contributed by atoms with Crippen molar-refractivity contribution in [3.05, 3.63) is 216 Å². The highest BCUT2D eigenvalue weighted by molar-refractivity contribution is 6.02. The lowest BCUT2D eigenvalue weighted by Gasteiger charge is -2.29. The predicted octanol–water partition coefficient (Wildman–Crippen LogP) is 11.8. The Labute approximate surface area is 324 Å². The highest BCUT2D eigenvalue weighted by Crippen LogP contribution is 2.64. The lowest BCUT2D eigenvalue weighted by molar-refractivity contribution is 0.760. The van der Waals surface area contributed by atoms with E-state index in [0.29, 0.717) is 17.5 Å². The van der Waals surface area contributed by atoms with Gasteiger partial charge in [-0.2, -0.15) is 0 Å². The fourth-order valence-electron chi connectivity index (χ4n) is 9.80. The molecule has 0 bridgehead atoms. The Kier molecular flexibility index (Phi) is 6.58. The van der Waals surface area contributed by atoms with Crippen molar-refractivity contribution in [2.24, 2.45) is 0 Å². The molecule has 0 N–H and O–H groups in total. The monoisotopic (exact) mass is 712 g/mol. The molecule has 0 fully saturated rings. The van der Waals surface area contributed by atoms with E-state index in [4.69, 9.17) is 19.9 Å². The van der Waals surface area contributed by atoms with Crippen LogP contribution in [0.25, 0.3) is 78.7 Å². The molecule has 0 amide bonds. The summed E-state index contributed by atoms with van der Waals surface area (Å²) in [4.78, 5) is 20.9. The molecule has 260 valence electrons. The second-order valence-electron chi connectivity index (χ2n) is 14.9. The van der Waals surface area contributed by atoms with Gasteiger partial charge in [0.15, 0.2) is 17.5 Å². The number of pyridine rings is 1. The maximum Gasteiger partial charge on any atom is 0.164 e. The highest BCUT2D eigenvalue weighted by atomic mass is 15.0. The molecule has 0 saturated heterocycles. The van der Waals surface area contributed by atoms with Crippen LogP contribution in [0.4, 0.5) is 0 Å². The van der Waals surface area contributed by atoms with Gasteiger partial charge in [-0.25, -0.2) is 15.0 Å². The molecule has 56 heavy (non-hydrogen) atoms. The maximum atomic E-state index is 5.31. The molecule has 3 aliphatic rings. The third kappa shape index (κ3) is 4.24. The summed E-state index contributed by atoms with van der Waals surface area (Å²) in [6.07, 6.45) is 2.74. The van der Waals surface area contributed by atoms with E-state index in [1.54, 1.807) is 0 Å². The van der Waals surface area contributed by atoms with Gasteiger partial charge in [-0.15, -0.1) is 0 Å². The number of benzene rings is 7. The molecule has 0 radical (unpaired) electrons. The standard InChI is InChI=1S/C52H32N4/c1-3-15-32(16-4-1)35-19-7-8-22-39(35)50-54-49(33-17-5-2-6-18-33)55-51(56-50)40-24-13-23-38-42(40)31-34-28-29-45-47(46(34)38)41-25-14-30-53-48(41)52(45)43-26-11-9-20-36(43)37-21-10-12-27-44(37)52/h1-30H,31H2. The SMILES string of the molecule is c1ccc(-c2nc(-c3ccccc3-c3ccccc3)nc(-c3cccc4c3Cc3ccc5c(c3-4)-c3cccnc3C53c4ccccc4-c4ccccc43)n2)cc1. The van der Waals surface area contributed by atoms with Crippen molar-refractivity contribution in [2.45, 2.75) is 11.8 Å². The summed E-state index contributed by atoms with van der Waals surface area (Å²) in [5, 5.41) is 0. The van der Waals surface area contributed by atoms with Crippen LogP contribution in [0.15, 0.2) is 182 Å². The number of hydrogen-bond donors (Lipinski definition) is 0. The molecule has 7 aromatic carbocycles. The molecule has 9 aromatic rings. The van der Waals surface area contributed by atoms with Gasteiger partial charge in [0.2, 0.25) is 0 Å². The first-order chi connectivity index (χ1) is 27.8. The van der Waals surface area contributed by atoms with Gasteiger partial charge in [-0.1, -0.05) is 170 Å². The topological polar surface area (TPSA) is 51.6 Å². The Hall–Kier alpha value is -7.30. The van der Waals surface area contributed by atoms with E-state index in [-0.39, 0.29) is 0 Å². The lowest BCUT2D eigenvalue weighted by Crippen LogP contribution is -2.27. The highest BCUT2D eigenvalue weighted by Gasteiger charge is 2.53. The van der Waals surface area contributed by atoms with E-state index in [0.717, 1.165) is 39.9 Å². The van der Waals surface area contributed by atoms with Crippen LogP contribution in [0.3, 0.4) is 0 Å². The number of nitrogens with zero attached hydrogens (tertiary/aromatic N) is 4. The Bertz CT molecular complexity index is 3010. The largest absolute Gasteiger partial charge is 0.259 e. The van der Waals surface area contributed by atoms with Crippen LogP contribution < -0.4 is 0 Å². The van der Waals surface area contributed by atoms with Crippen molar-refractivity contribution >= 4 is 0 Å². The van der Waals surface area contributed by atoms with Crippen molar-refractivity contribution in [3.8, 4) is 78.7 Å². The van der Waals surface area contributed by atoms with E-state index < -0.39 is 5.41 Å². The minimum atomic E-state index is -0.492. The van der Waals surface area contributed by atoms with Crippen LogP contribution in [-0.2, 0) is 11.8 Å². The van der Waals surface area contributed by atoms with Gasteiger partial charge in [0, 0.05) is 28.5 Å². The van der Waals surface area contributed by atoms with Crippen molar-refractivity contribution in [2.75, 3.05) is 0 Å². The van der Waals surface area contributed by atoms with Crippen molar-refractivity contribution in [3.63, 3.8) is 0 Å². The van der Waals surface area contributed by atoms with Gasteiger partial charge in [-0.05, 0) is 79.2 Å². The van der Waals surface area contributed by atoms with Gasteiger partial charge in [0.1, 0.15) is 0 Å². The molecular weight excluding hydrogens is 681 g/mol. The summed E-state index contributed by atoms with van der Waals surface area (Å²) in [5.41, 5.74) is 19.8. The first kappa shape index (κ1) is 31.1. The van der Waals surface area contributed by atoms with Crippen LogP contribution in [0.5, 0.6) is 0 Å². The molecule has 12 rings (SSSR count). The second kappa shape index (κ2) is 11.8. The molecule has 0 unspecified atom stereocenters. The number of fused-ring (bicyclic) bond motifs is 14. The summed E-state index contributed by atoms with van der Waals surface area (Å²) < 4.78 is 0. The van der Waals surface area contributed by atoms with Gasteiger partial charge in [0.25, 0.3) is 0 Å². The van der Waals surface area contributed by atoms with E-state index in [9.17, 15) is 0 Å². The molecule has 0 aliphatic heterocycles. The summed E-state index contributed by atoms with van der Waals surface area (Å²) >= 11 is 0. The van der Waals surface area contributed by atoms with E-state index in [1.165, 1.54) is 61.2 Å². The third-order valence-corrected chi connectivity index (χ3v) is 12.1. The average Bonchev–Trinajstić information content (AvgIpc) is 3.91. The first-order valence-corrected chi connectivity index (χ1v) is 19.2.